The molecule has 98 valence electrons. The van der Waals surface area contributed by atoms with E-state index in [1.54, 1.807) is 7.11 Å². The van der Waals surface area contributed by atoms with Crippen LogP contribution in [-0.4, -0.2) is 12.2 Å². The Balaban J connectivity index is 1.91. The van der Waals surface area contributed by atoms with Crippen molar-refractivity contribution in [3.8, 4) is 5.75 Å². The molecule has 0 amide bonds. The smallest absolute Gasteiger partial charge is 0.119 e. The largest absolute Gasteiger partial charge is 0.497 e. The number of aliphatic hydroxyl groups is 1. The summed E-state index contributed by atoms with van der Waals surface area (Å²) in [5.74, 6) is 1.26. The van der Waals surface area contributed by atoms with E-state index in [1.165, 1.54) is 19.3 Å². The summed E-state index contributed by atoms with van der Waals surface area (Å²) in [6.45, 7) is 2.34. The number of methoxy groups -OCH3 is 1. The van der Waals surface area contributed by atoms with Crippen LogP contribution in [0.15, 0.2) is 24.3 Å². The summed E-state index contributed by atoms with van der Waals surface area (Å²) in [4.78, 5) is 0. The Bertz CT molecular complexity index is 456. The highest BCUT2D eigenvalue weighted by molar-refractivity contribution is 5.36. The van der Waals surface area contributed by atoms with Gasteiger partial charge < -0.3 is 9.84 Å². The Morgan fingerprint density at radius 2 is 2.17 bits per heavy atom. The molecule has 2 aliphatic carbocycles. The Kier molecular flexibility index (Phi) is 2.67. The highest BCUT2D eigenvalue weighted by atomic mass is 16.5. The molecule has 0 aliphatic heterocycles. The summed E-state index contributed by atoms with van der Waals surface area (Å²) in [6.07, 6.45) is 5.90. The summed E-state index contributed by atoms with van der Waals surface area (Å²) in [5, 5.41) is 11.0. The molecule has 0 heterocycles. The number of hydrogen-bond donors (Lipinski definition) is 1. The second-order valence-electron chi connectivity index (χ2n) is 6.29. The van der Waals surface area contributed by atoms with Crippen molar-refractivity contribution in [1.82, 2.24) is 0 Å². The number of rotatable bonds is 2. The van der Waals surface area contributed by atoms with Crippen molar-refractivity contribution in [3.63, 3.8) is 0 Å². The fourth-order valence-corrected chi connectivity index (χ4v) is 4.23. The Morgan fingerprint density at radius 3 is 2.89 bits per heavy atom. The molecular formula is C16H22O2. The van der Waals surface area contributed by atoms with Crippen LogP contribution >= 0.6 is 0 Å². The van der Waals surface area contributed by atoms with Gasteiger partial charge in [0.1, 0.15) is 5.75 Å². The summed E-state index contributed by atoms with van der Waals surface area (Å²) in [6, 6.07) is 7.95. The van der Waals surface area contributed by atoms with Gasteiger partial charge in [-0.3, -0.25) is 0 Å². The first kappa shape index (κ1) is 12.0. The maximum absolute atomic E-state index is 11.0. The minimum atomic E-state index is -0.621. The maximum atomic E-state index is 11.0. The quantitative estimate of drug-likeness (QED) is 0.865. The molecule has 0 aromatic heterocycles. The molecule has 0 radical (unpaired) electrons. The van der Waals surface area contributed by atoms with Crippen molar-refractivity contribution in [2.45, 2.75) is 44.6 Å². The molecule has 1 aromatic rings. The van der Waals surface area contributed by atoms with Crippen LogP contribution < -0.4 is 4.74 Å². The van der Waals surface area contributed by atoms with E-state index in [4.69, 9.17) is 4.74 Å². The molecule has 2 heteroatoms. The first-order valence-corrected chi connectivity index (χ1v) is 6.95. The van der Waals surface area contributed by atoms with Gasteiger partial charge in [-0.2, -0.15) is 0 Å². The van der Waals surface area contributed by atoms with Crippen LogP contribution in [0, 0.1) is 11.3 Å². The second kappa shape index (κ2) is 3.99. The van der Waals surface area contributed by atoms with E-state index >= 15 is 0 Å². The van der Waals surface area contributed by atoms with Crippen LogP contribution in [-0.2, 0) is 5.60 Å². The summed E-state index contributed by atoms with van der Waals surface area (Å²) < 4.78 is 5.27. The molecular weight excluding hydrogens is 224 g/mol. The van der Waals surface area contributed by atoms with Crippen molar-refractivity contribution in [2.24, 2.45) is 11.3 Å². The molecule has 0 spiro atoms. The topological polar surface area (TPSA) is 29.5 Å². The molecule has 0 saturated heterocycles. The van der Waals surface area contributed by atoms with Gasteiger partial charge in [-0.05, 0) is 48.3 Å². The maximum Gasteiger partial charge on any atom is 0.119 e. The van der Waals surface area contributed by atoms with Gasteiger partial charge in [-0.15, -0.1) is 0 Å². The lowest BCUT2D eigenvalue weighted by Crippen LogP contribution is -2.59. The zero-order valence-electron chi connectivity index (χ0n) is 11.3. The fourth-order valence-electron chi connectivity index (χ4n) is 4.23. The number of ether oxygens (including phenoxy) is 1. The molecule has 18 heavy (non-hydrogen) atoms. The molecule has 0 unspecified atom stereocenters. The van der Waals surface area contributed by atoms with Crippen LogP contribution in [0.3, 0.4) is 0 Å². The molecule has 2 nitrogen and oxygen atoms in total. The van der Waals surface area contributed by atoms with Crippen molar-refractivity contribution in [2.75, 3.05) is 7.11 Å². The monoisotopic (exact) mass is 246 g/mol. The minimum Gasteiger partial charge on any atom is -0.497 e. The Hall–Kier alpha value is -1.02. The molecule has 2 fully saturated rings. The third-order valence-corrected chi connectivity index (χ3v) is 5.15. The second-order valence-corrected chi connectivity index (χ2v) is 6.29. The van der Waals surface area contributed by atoms with E-state index in [0.29, 0.717) is 11.3 Å². The Morgan fingerprint density at radius 1 is 1.33 bits per heavy atom. The van der Waals surface area contributed by atoms with E-state index < -0.39 is 5.60 Å². The van der Waals surface area contributed by atoms with Gasteiger partial charge in [0.15, 0.2) is 0 Å². The molecule has 3 rings (SSSR count). The summed E-state index contributed by atoms with van der Waals surface area (Å²) >= 11 is 0. The van der Waals surface area contributed by atoms with Crippen molar-refractivity contribution >= 4 is 0 Å². The van der Waals surface area contributed by atoms with Crippen LogP contribution in [0.25, 0.3) is 0 Å². The minimum absolute atomic E-state index is 0.357. The van der Waals surface area contributed by atoms with Gasteiger partial charge in [-0.1, -0.05) is 31.9 Å². The van der Waals surface area contributed by atoms with Crippen LogP contribution in [0.1, 0.15) is 44.6 Å². The van der Waals surface area contributed by atoms with Gasteiger partial charge in [0, 0.05) is 0 Å². The van der Waals surface area contributed by atoms with E-state index in [2.05, 4.69) is 6.92 Å². The van der Waals surface area contributed by atoms with Gasteiger partial charge >= 0.3 is 0 Å². The van der Waals surface area contributed by atoms with E-state index in [-0.39, 0.29) is 0 Å². The molecule has 3 atom stereocenters. The standard InChI is InChI=1S/C16H22O2/c1-15-9-4-3-8-14(15)16(17,11-15)12-6-5-7-13(10-12)18-2/h5-7,10,14,17H,3-4,8-9,11H2,1-2H3/t14-,15-,16-/m0/s1. The Labute approximate surface area is 109 Å². The predicted octanol–water partition coefficient (Wildman–Crippen LogP) is 3.48. The zero-order valence-corrected chi connectivity index (χ0v) is 11.3. The average molecular weight is 246 g/mol. The zero-order chi connectivity index (χ0) is 12.8. The van der Waals surface area contributed by atoms with Crippen LogP contribution in [0.4, 0.5) is 0 Å². The SMILES string of the molecule is COc1cccc([C@@]2(O)C[C@]3(C)CCCC[C@@H]32)c1. The van der Waals surface area contributed by atoms with E-state index in [9.17, 15) is 5.11 Å². The van der Waals surface area contributed by atoms with Crippen molar-refractivity contribution in [1.29, 1.82) is 0 Å². The van der Waals surface area contributed by atoms with E-state index in [0.717, 1.165) is 24.2 Å². The lowest BCUT2D eigenvalue weighted by atomic mass is 9.45. The normalized spacial score (nSPS) is 38.7. The first-order valence-electron chi connectivity index (χ1n) is 6.95. The lowest BCUT2D eigenvalue weighted by Gasteiger charge is -2.61. The summed E-state index contributed by atoms with van der Waals surface area (Å²) in [7, 11) is 1.68. The van der Waals surface area contributed by atoms with Crippen LogP contribution in [0.5, 0.6) is 5.75 Å². The third kappa shape index (κ3) is 1.58. The summed E-state index contributed by atoms with van der Waals surface area (Å²) in [5.41, 5.74) is 0.769. The molecule has 2 saturated carbocycles. The molecule has 1 aromatic carbocycles. The molecule has 2 aliphatic rings. The first-order chi connectivity index (χ1) is 8.58. The van der Waals surface area contributed by atoms with Crippen molar-refractivity contribution in [3.05, 3.63) is 29.8 Å². The molecule has 0 bridgehead atoms. The lowest BCUT2D eigenvalue weighted by molar-refractivity contribution is -0.212. The number of benzene rings is 1. The average Bonchev–Trinajstić information content (AvgIpc) is 2.37. The fraction of sp³-hybridized carbons (Fsp3) is 0.625. The van der Waals surface area contributed by atoms with Gasteiger partial charge in [0.2, 0.25) is 0 Å². The third-order valence-electron chi connectivity index (χ3n) is 5.15. The number of fused-ring (bicyclic) bond motifs is 1. The molecule has 1 N–H and O–H groups in total. The van der Waals surface area contributed by atoms with Crippen LogP contribution in [0.2, 0.25) is 0 Å². The van der Waals surface area contributed by atoms with Gasteiger partial charge in [0.05, 0.1) is 12.7 Å². The van der Waals surface area contributed by atoms with E-state index in [1.807, 2.05) is 24.3 Å². The number of hydrogen-bond acceptors (Lipinski definition) is 2. The van der Waals surface area contributed by atoms with Gasteiger partial charge in [0.25, 0.3) is 0 Å². The van der Waals surface area contributed by atoms with Crippen molar-refractivity contribution < 1.29 is 9.84 Å². The highest BCUT2D eigenvalue weighted by Crippen LogP contribution is 2.64. The highest BCUT2D eigenvalue weighted by Gasteiger charge is 2.60. The van der Waals surface area contributed by atoms with Gasteiger partial charge in [-0.25, -0.2) is 0 Å². The predicted molar refractivity (Wildman–Crippen MR) is 71.6 cm³/mol.